The van der Waals surface area contributed by atoms with E-state index in [2.05, 4.69) is 24.0 Å². The van der Waals surface area contributed by atoms with E-state index >= 15 is 0 Å². The molecule has 0 radical (unpaired) electrons. The summed E-state index contributed by atoms with van der Waals surface area (Å²) >= 11 is 0. The first-order valence-electron chi connectivity index (χ1n) is 9.56. The quantitative estimate of drug-likeness (QED) is 0.741. The summed E-state index contributed by atoms with van der Waals surface area (Å²) < 4.78 is 11.1. The van der Waals surface area contributed by atoms with Crippen molar-refractivity contribution in [3.8, 4) is 0 Å². The minimum Gasteiger partial charge on any atom is -0.378 e. The zero-order valence-corrected chi connectivity index (χ0v) is 15.8. The molecule has 2 unspecified atom stereocenters. The van der Waals surface area contributed by atoms with Crippen LogP contribution in [0.1, 0.15) is 46.0 Å². The number of methoxy groups -OCH3 is 1. The number of unbranched alkanes of at least 4 members (excludes halogenated alkanes) is 1. The molecule has 2 bridgehead atoms. The summed E-state index contributed by atoms with van der Waals surface area (Å²) in [7, 11) is 1.73. The van der Waals surface area contributed by atoms with Crippen LogP contribution in [0.4, 0.5) is 0 Å². The molecule has 25 heavy (non-hydrogen) atoms. The summed E-state index contributed by atoms with van der Waals surface area (Å²) in [6.45, 7) is 7.17. The zero-order chi connectivity index (χ0) is 17.6. The van der Waals surface area contributed by atoms with Gasteiger partial charge in [0.2, 0.25) is 0 Å². The smallest absolute Gasteiger partial charge is 0.0884 e. The number of hydrogen-bond donors (Lipinski definition) is 0. The lowest BCUT2D eigenvalue weighted by molar-refractivity contribution is 0.00296. The Morgan fingerprint density at radius 1 is 1.20 bits per heavy atom. The van der Waals surface area contributed by atoms with Gasteiger partial charge in [0.05, 0.1) is 44.2 Å². The van der Waals surface area contributed by atoms with Gasteiger partial charge in [-0.1, -0.05) is 13.3 Å². The molecule has 3 rings (SSSR count). The normalized spacial score (nSPS) is 29.0. The summed E-state index contributed by atoms with van der Waals surface area (Å²) in [5, 5.41) is 0. The molecule has 2 fully saturated rings. The Bertz CT molecular complexity index is 576. The van der Waals surface area contributed by atoms with E-state index in [1.54, 1.807) is 7.11 Å². The number of aliphatic imine (C=N–C) groups is 2. The Balaban J connectivity index is 1.90. The van der Waals surface area contributed by atoms with Crippen LogP contribution in [0.2, 0.25) is 0 Å². The predicted molar refractivity (Wildman–Crippen MR) is 102 cm³/mol. The van der Waals surface area contributed by atoms with Gasteiger partial charge < -0.3 is 14.4 Å². The number of fused-ring (bicyclic) bond motifs is 2. The number of rotatable bonds is 6. The van der Waals surface area contributed by atoms with Crippen LogP contribution in [0.25, 0.3) is 0 Å². The largest absolute Gasteiger partial charge is 0.378 e. The van der Waals surface area contributed by atoms with Crippen molar-refractivity contribution in [2.45, 2.75) is 58.0 Å². The van der Waals surface area contributed by atoms with Crippen molar-refractivity contribution >= 4 is 11.4 Å². The maximum absolute atomic E-state index is 5.75. The van der Waals surface area contributed by atoms with Crippen molar-refractivity contribution < 1.29 is 9.47 Å². The molecule has 5 heteroatoms. The van der Waals surface area contributed by atoms with Crippen LogP contribution >= 0.6 is 0 Å². The van der Waals surface area contributed by atoms with E-state index in [9.17, 15) is 0 Å². The monoisotopic (exact) mass is 345 g/mol. The summed E-state index contributed by atoms with van der Waals surface area (Å²) in [5.41, 5.74) is 4.41. The van der Waals surface area contributed by atoms with E-state index in [4.69, 9.17) is 19.5 Å². The van der Waals surface area contributed by atoms with E-state index in [0.717, 1.165) is 43.3 Å². The zero-order valence-electron chi connectivity index (χ0n) is 15.8. The fourth-order valence-corrected chi connectivity index (χ4v) is 3.98. The maximum Gasteiger partial charge on any atom is 0.0884 e. The highest BCUT2D eigenvalue weighted by atomic mass is 16.5. The minimum absolute atomic E-state index is 0.484. The summed E-state index contributed by atoms with van der Waals surface area (Å²) in [5.74, 6) is 0. The standard InChI is InChI=1S/C20H31N3O2/c1-4-5-6-16-9-15(2)22-17(12-24-3)10-20(11-21-16)23-18-7-8-19(23)14-25-13-18/h9-10,18-19H,4-8,11-14H2,1-3H3/b15-9?,20-10+,21-16?,22-17?. The second kappa shape index (κ2) is 8.77. The summed E-state index contributed by atoms with van der Waals surface area (Å²) in [6.07, 6.45) is 10.1. The highest BCUT2D eigenvalue weighted by molar-refractivity contribution is 6.00. The molecule has 0 amide bonds. The van der Waals surface area contributed by atoms with Crippen LogP contribution < -0.4 is 0 Å². The number of morpholine rings is 1. The molecule has 0 aromatic carbocycles. The maximum atomic E-state index is 5.75. The molecular formula is C20H31N3O2. The van der Waals surface area contributed by atoms with Crippen molar-refractivity contribution in [2.24, 2.45) is 9.98 Å². The number of nitrogens with zero attached hydrogens (tertiary/aromatic N) is 3. The minimum atomic E-state index is 0.484. The van der Waals surface area contributed by atoms with Gasteiger partial charge in [-0.2, -0.15) is 0 Å². The average Bonchev–Trinajstić information content (AvgIpc) is 2.87. The van der Waals surface area contributed by atoms with Gasteiger partial charge in [-0.15, -0.1) is 0 Å². The lowest BCUT2D eigenvalue weighted by Gasteiger charge is -2.38. The third-order valence-corrected chi connectivity index (χ3v) is 5.12. The molecule has 0 saturated carbocycles. The molecule has 3 aliphatic rings. The Kier molecular flexibility index (Phi) is 6.43. The second-order valence-corrected chi connectivity index (χ2v) is 7.20. The van der Waals surface area contributed by atoms with Crippen LogP contribution in [0.3, 0.4) is 0 Å². The molecule has 2 atom stereocenters. The summed E-state index contributed by atoms with van der Waals surface area (Å²) in [6, 6.07) is 0.968. The second-order valence-electron chi connectivity index (χ2n) is 7.20. The molecule has 0 aromatic rings. The summed E-state index contributed by atoms with van der Waals surface area (Å²) in [4.78, 5) is 12.3. The van der Waals surface area contributed by atoms with Gasteiger partial charge in [0.25, 0.3) is 0 Å². The van der Waals surface area contributed by atoms with Gasteiger partial charge in [0.15, 0.2) is 0 Å². The van der Waals surface area contributed by atoms with E-state index in [-0.39, 0.29) is 0 Å². The molecule has 138 valence electrons. The SMILES string of the molecule is CCCCC1=NC/C(N2C3CCC2COC3)=C\C(COC)=NC(C)=C1. The Morgan fingerprint density at radius 2 is 1.96 bits per heavy atom. The van der Waals surface area contributed by atoms with Crippen molar-refractivity contribution in [1.29, 1.82) is 0 Å². The van der Waals surface area contributed by atoms with Crippen molar-refractivity contribution in [2.75, 3.05) is 33.5 Å². The average molecular weight is 345 g/mol. The predicted octanol–water partition coefficient (Wildman–Crippen LogP) is 3.37. The molecule has 0 aliphatic carbocycles. The first-order chi connectivity index (χ1) is 12.2. The molecule has 0 spiro atoms. The van der Waals surface area contributed by atoms with E-state index in [0.29, 0.717) is 18.7 Å². The molecule has 3 heterocycles. The topological polar surface area (TPSA) is 46.4 Å². The molecule has 0 N–H and O–H groups in total. The van der Waals surface area contributed by atoms with Crippen molar-refractivity contribution in [1.82, 2.24) is 4.90 Å². The number of allylic oxidation sites excluding steroid dienone is 2. The third kappa shape index (κ3) is 4.59. The van der Waals surface area contributed by atoms with Crippen LogP contribution in [0.15, 0.2) is 33.5 Å². The number of hydrogen-bond acceptors (Lipinski definition) is 5. The third-order valence-electron chi connectivity index (χ3n) is 5.12. The van der Waals surface area contributed by atoms with Gasteiger partial charge in [0.1, 0.15) is 0 Å². The lowest BCUT2D eigenvalue weighted by atomic mass is 10.1. The van der Waals surface area contributed by atoms with Crippen molar-refractivity contribution in [3.05, 3.63) is 23.5 Å². The van der Waals surface area contributed by atoms with E-state index in [1.807, 2.05) is 6.92 Å². The van der Waals surface area contributed by atoms with Crippen LogP contribution in [0.5, 0.6) is 0 Å². The van der Waals surface area contributed by atoms with Crippen LogP contribution in [-0.2, 0) is 9.47 Å². The Hall–Kier alpha value is -1.46. The van der Waals surface area contributed by atoms with Crippen LogP contribution in [0, 0.1) is 0 Å². The molecular weight excluding hydrogens is 314 g/mol. The molecule has 3 aliphatic heterocycles. The van der Waals surface area contributed by atoms with Gasteiger partial charge in [0, 0.05) is 24.2 Å². The van der Waals surface area contributed by atoms with E-state index < -0.39 is 0 Å². The van der Waals surface area contributed by atoms with Gasteiger partial charge in [-0.25, -0.2) is 0 Å². The van der Waals surface area contributed by atoms with Gasteiger partial charge in [-0.05, 0) is 44.8 Å². The van der Waals surface area contributed by atoms with Crippen molar-refractivity contribution in [3.63, 3.8) is 0 Å². The Labute approximate surface area is 151 Å². The highest BCUT2D eigenvalue weighted by Crippen LogP contribution is 2.32. The first-order valence-corrected chi connectivity index (χ1v) is 9.56. The van der Waals surface area contributed by atoms with Gasteiger partial charge >= 0.3 is 0 Å². The molecule has 5 nitrogen and oxygen atoms in total. The Morgan fingerprint density at radius 3 is 2.64 bits per heavy atom. The first kappa shape index (κ1) is 18.3. The van der Waals surface area contributed by atoms with Gasteiger partial charge in [-0.3, -0.25) is 9.98 Å². The van der Waals surface area contributed by atoms with Crippen LogP contribution in [-0.4, -0.2) is 61.9 Å². The lowest BCUT2D eigenvalue weighted by Crippen LogP contribution is -2.45. The molecule has 2 saturated heterocycles. The molecule has 0 aromatic heterocycles. The fourth-order valence-electron chi connectivity index (χ4n) is 3.98. The van der Waals surface area contributed by atoms with E-state index in [1.165, 1.54) is 31.4 Å². The fraction of sp³-hybridized carbons (Fsp3) is 0.700. The number of ether oxygens (including phenoxy) is 2. The highest BCUT2D eigenvalue weighted by Gasteiger charge is 2.38.